The first kappa shape index (κ1) is 16.4. The predicted molar refractivity (Wildman–Crippen MR) is 90.0 cm³/mol. The summed E-state index contributed by atoms with van der Waals surface area (Å²) in [5.41, 5.74) is 0.966. The number of piperazine rings is 1. The molecule has 0 amide bonds. The lowest BCUT2D eigenvalue weighted by Gasteiger charge is -2.36. The van der Waals surface area contributed by atoms with Crippen molar-refractivity contribution in [3.63, 3.8) is 0 Å². The number of hydrogen-bond acceptors (Lipinski definition) is 7. The van der Waals surface area contributed by atoms with Gasteiger partial charge in [0.2, 0.25) is 0 Å². The monoisotopic (exact) mass is 340 g/mol. The van der Waals surface area contributed by atoms with Gasteiger partial charge in [-0.3, -0.25) is 4.79 Å². The summed E-state index contributed by atoms with van der Waals surface area (Å²) >= 11 is 0. The van der Waals surface area contributed by atoms with Crippen molar-refractivity contribution < 1.29 is 14.3 Å². The number of nitrogens with zero attached hydrogens (tertiary/aromatic N) is 4. The summed E-state index contributed by atoms with van der Waals surface area (Å²) in [4.78, 5) is 16.4. The highest BCUT2D eigenvalue weighted by Gasteiger charge is 2.29. The largest absolute Gasteiger partial charge is 0.488 e. The van der Waals surface area contributed by atoms with Crippen LogP contribution in [0.3, 0.4) is 0 Å². The van der Waals surface area contributed by atoms with Crippen LogP contribution in [0.1, 0.15) is 19.8 Å². The highest BCUT2D eigenvalue weighted by atomic mass is 32.2. The molecule has 3 aliphatic rings. The minimum Gasteiger partial charge on any atom is -0.488 e. The van der Waals surface area contributed by atoms with E-state index < -0.39 is 10.9 Å². The van der Waals surface area contributed by atoms with E-state index in [0.29, 0.717) is 13.2 Å². The van der Waals surface area contributed by atoms with Crippen molar-refractivity contribution in [1.29, 1.82) is 0 Å². The molecular formula is C15H24N4O3S. The van der Waals surface area contributed by atoms with E-state index in [2.05, 4.69) is 21.2 Å². The van der Waals surface area contributed by atoms with Crippen molar-refractivity contribution in [3.8, 4) is 0 Å². The number of allylic oxidation sites excluding steroid dienone is 1. The molecule has 128 valence electrons. The molecule has 0 spiro atoms. The Hall–Kier alpha value is -1.41. The third kappa shape index (κ3) is 3.92. The van der Waals surface area contributed by atoms with Gasteiger partial charge in [0, 0.05) is 37.1 Å². The molecule has 2 fully saturated rings. The van der Waals surface area contributed by atoms with Gasteiger partial charge in [0.1, 0.15) is 5.75 Å². The van der Waals surface area contributed by atoms with Crippen LogP contribution >= 0.6 is 0 Å². The topological polar surface area (TPSA) is 66.7 Å². The van der Waals surface area contributed by atoms with Crippen LogP contribution in [0.4, 0.5) is 0 Å². The number of rotatable bonds is 4. The molecule has 0 aliphatic carbocycles. The molecule has 0 aromatic rings. The highest BCUT2D eigenvalue weighted by Crippen LogP contribution is 2.27. The maximum Gasteiger partial charge on any atom is 0.318 e. The Labute approximate surface area is 139 Å². The lowest BCUT2D eigenvalue weighted by Crippen LogP contribution is -2.44. The molecule has 0 bridgehead atoms. The molecule has 2 saturated heterocycles. The molecule has 1 unspecified atom stereocenters. The van der Waals surface area contributed by atoms with Gasteiger partial charge >= 0.3 is 5.97 Å². The van der Waals surface area contributed by atoms with Crippen LogP contribution in [0.25, 0.3) is 0 Å². The second-order valence-electron chi connectivity index (χ2n) is 5.81. The van der Waals surface area contributed by atoms with Crippen molar-refractivity contribution in [3.05, 3.63) is 11.6 Å². The highest BCUT2D eigenvalue weighted by molar-refractivity contribution is 7.87. The molecule has 3 aliphatic heterocycles. The second-order valence-corrected chi connectivity index (χ2v) is 7.15. The molecule has 8 heteroatoms. The van der Waals surface area contributed by atoms with Gasteiger partial charge in [0.15, 0.2) is 11.6 Å². The van der Waals surface area contributed by atoms with Crippen LogP contribution in [0, 0.1) is 0 Å². The Balaban J connectivity index is 1.84. The van der Waals surface area contributed by atoms with E-state index in [4.69, 9.17) is 13.8 Å². The van der Waals surface area contributed by atoms with Crippen molar-refractivity contribution in [2.45, 2.75) is 19.8 Å². The zero-order valence-corrected chi connectivity index (χ0v) is 14.6. The van der Waals surface area contributed by atoms with Crippen molar-refractivity contribution in [1.82, 2.24) is 9.80 Å². The SMILES string of the molecule is CCOC(=O)CS1=NC(N2CCN(C)CC2)=C2OCCCC2=N1. The van der Waals surface area contributed by atoms with E-state index in [9.17, 15) is 4.79 Å². The first-order valence-electron chi connectivity index (χ1n) is 8.14. The number of carbonyl (C=O) groups excluding carboxylic acids is 1. The number of carbonyl (C=O) groups is 1. The lowest BCUT2D eigenvalue weighted by molar-refractivity contribution is -0.139. The minimum atomic E-state index is -0.690. The van der Waals surface area contributed by atoms with Gasteiger partial charge in [-0.2, -0.15) is 4.36 Å². The van der Waals surface area contributed by atoms with Gasteiger partial charge < -0.3 is 19.3 Å². The standard InChI is InChI=1S/C15H24N4O3S/c1-3-21-13(20)11-23-16-12-5-4-10-22-14(12)15(17-23)19-8-6-18(2)7-9-19/h3-11H2,1-2H3. The molecule has 3 heterocycles. The number of fused-ring (bicyclic) bond motifs is 1. The van der Waals surface area contributed by atoms with Crippen molar-refractivity contribution >= 4 is 22.6 Å². The van der Waals surface area contributed by atoms with Gasteiger partial charge in [-0.1, -0.05) is 0 Å². The molecule has 1 atom stereocenters. The van der Waals surface area contributed by atoms with Crippen LogP contribution < -0.4 is 0 Å². The Morgan fingerprint density at radius 1 is 1.35 bits per heavy atom. The van der Waals surface area contributed by atoms with Gasteiger partial charge in [0.25, 0.3) is 0 Å². The van der Waals surface area contributed by atoms with E-state index in [-0.39, 0.29) is 11.7 Å². The van der Waals surface area contributed by atoms with E-state index in [1.165, 1.54) is 0 Å². The summed E-state index contributed by atoms with van der Waals surface area (Å²) in [7, 11) is 1.44. The third-order valence-electron chi connectivity index (χ3n) is 4.03. The fourth-order valence-corrected chi connectivity index (χ4v) is 4.06. The van der Waals surface area contributed by atoms with Crippen molar-refractivity contribution in [2.24, 2.45) is 8.76 Å². The number of hydrogen-bond donors (Lipinski definition) is 0. The number of likely N-dealkylation sites (N-methyl/N-ethyl adjacent to an activating group) is 1. The molecule has 0 aromatic carbocycles. The Kier molecular flexibility index (Phi) is 5.32. The van der Waals surface area contributed by atoms with Gasteiger partial charge in [-0.15, -0.1) is 0 Å². The fourth-order valence-electron chi connectivity index (χ4n) is 2.77. The van der Waals surface area contributed by atoms with Crippen LogP contribution in [-0.2, 0) is 25.1 Å². The van der Waals surface area contributed by atoms with E-state index in [1.807, 2.05) is 6.92 Å². The zero-order chi connectivity index (χ0) is 16.2. The third-order valence-corrected chi connectivity index (χ3v) is 5.34. The molecule has 0 N–H and O–H groups in total. The number of esters is 1. The maximum absolute atomic E-state index is 11.8. The molecule has 7 nitrogen and oxygen atoms in total. The van der Waals surface area contributed by atoms with E-state index in [1.54, 1.807) is 0 Å². The summed E-state index contributed by atoms with van der Waals surface area (Å²) in [6, 6.07) is 0. The Bertz CT molecular complexity index is 565. The molecule has 0 saturated carbocycles. The summed E-state index contributed by atoms with van der Waals surface area (Å²) < 4.78 is 20.3. The van der Waals surface area contributed by atoms with Gasteiger partial charge in [0.05, 0.1) is 18.9 Å². The first-order chi connectivity index (χ1) is 11.2. The lowest BCUT2D eigenvalue weighted by atomic mass is 10.1. The smallest absolute Gasteiger partial charge is 0.318 e. The maximum atomic E-state index is 11.8. The molecule has 0 radical (unpaired) electrons. The summed E-state index contributed by atoms with van der Waals surface area (Å²) in [6.07, 6.45) is 1.86. The van der Waals surface area contributed by atoms with Crippen LogP contribution in [0.2, 0.25) is 0 Å². The Morgan fingerprint density at radius 3 is 2.87 bits per heavy atom. The first-order valence-corrected chi connectivity index (χ1v) is 9.45. The normalized spacial score (nSPS) is 25.2. The molecule has 23 heavy (non-hydrogen) atoms. The summed E-state index contributed by atoms with van der Waals surface area (Å²) in [5, 5.41) is 0. The van der Waals surface area contributed by atoms with E-state index >= 15 is 0 Å². The van der Waals surface area contributed by atoms with E-state index in [0.717, 1.165) is 56.3 Å². The second kappa shape index (κ2) is 7.44. The van der Waals surface area contributed by atoms with Crippen LogP contribution in [-0.4, -0.2) is 73.7 Å². The fraction of sp³-hybridized carbons (Fsp3) is 0.733. The van der Waals surface area contributed by atoms with Crippen molar-refractivity contribution in [2.75, 3.05) is 52.2 Å². The Morgan fingerprint density at radius 2 is 2.13 bits per heavy atom. The molecular weight excluding hydrogens is 316 g/mol. The van der Waals surface area contributed by atoms with Gasteiger partial charge in [-0.25, -0.2) is 4.40 Å². The quantitative estimate of drug-likeness (QED) is 0.713. The zero-order valence-electron chi connectivity index (χ0n) is 13.8. The van der Waals surface area contributed by atoms with Crippen LogP contribution in [0.5, 0.6) is 0 Å². The molecule has 0 aromatic heterocycles. The number of ether oxygens (including phenoxy) is 2. The summed E-state index contributed by atoms with van der Waals surface area (Å²) in [5.74, 6) is 1.70. The molecule has 3 rings (SSSR count). The van der Waals surface area contributed by atoms with Crippen LogP contribution in [0.15, 0.2) is 20.3 Å². The van der Waals surface area contributed by atoms with Gasteiger partial charge in [-0.05, 0) is 26.8 Å². The minimum absolute atomic E-state index is 0.224. The average Bonchev–Trinajstić information content (AvgIpc) is 2.55. The average molecular weight is 340 g/mol. The summed E-state index contributed by atoms with van der Waals surface area (Å²) in [6.45, 7) is 6.77. The predicted octanol–water partition coefficient (Wildman–Crippen LogP) is 0.948.